The van der Waals surface area contributed by atoms with Crippen molar-refractivity contribution >= 4 is 21.8 Å². The zero-order valence-electron chi connectivity index (χ0n) is 18.9. The number of amides is 1. The summed E-state index contributed by atoms with van der Waals surface area (Å²) in [5.74, 6) is 1.20. The van der Waals surface area contributed by atoms with Crippen LogP contribution in [0.5, 0.6) is 0 Å². The summed E-state index contributed by atoms with van der Waals surface area (Å²) in [4.78, 5) is 20.5. The van der Waals surface area contributed by atoms with E-state index in [1.165, 1.54) is 16.7 Å². The summed E-state index contributed by atoms with van der Waals surface area (Å²) in [6.45, 7) is 0.830. The largest absolute Gasteiger partial charge is 0.336 e. The van der Waals surface area contributed by atoms with E-state index in [2.05, 4.69) is 104 Å². The number of hydrogen-bond donors (Lipinski definition) is 0. The molecule has 3 heterocycles. The van der Waals surface area contributed by atoms with E-state index in [1.54, 1.807) is 0 Å². The van der Waals surface area contributed by atoms with E-state index in [1.807, 2.05) is 12.3 Å². The van der Waals surface area contributed by atoms with Crippen molar-refractivity contribution in [2.45, 2.75) is 37.3 Å². The fraction of sp³-hybridized carbons (Fsp3) is 0.241. The van der Waals surface area contributed by atoms with Crippen LogP contribution >= 0.6 is 15.9 Å². The van der Waals surface area contributed by atoms with E-state index < -0.39 is 5.54 Å². The molecule has 4 aromatic rings. The maximum Gasteiger partial charge on any atom is 0.223 e. The Balaban J connectivity index is 1.37. The van der Waals surface area contributed by atoms with E-state index in [9.17, 15) is 4.79 Å². The van der Waals surface area contributed by atoms with Crippen LogP contribution in [-0.4, -0.2) is 26.9 Å². The Hall–Kier alpha value is -3.18. The highest BCUT2D eigenvalue weighted by Crippen LogP contribution is 2.50. The predicted molar refractivity (Wildman–Crippen MR) is 137 cm³/mol. The van der Waals surface area contributed by atoms with Crippen LogP contribution < -0.4 is 0 Å². The van der Waals surface area contributed by atoms with Crippen LogP contribution in [0.15, 0.2) is 95.7 Å². The Morgan fingerprint density at radius 3 is 2.59 bits per heavy atom. The van der Waals surface area contributed by atoms with E-state index in [-0.39, 0.29) is 11.9 Å². The lowest BCUT2D eigenvalue weighted by Crippen LogP contribution is -2.36. The van der Waals surface area contributed by atoms with Gasteiger partial charge in [0, 0.05) is 35.4 Å². The van der Waals surface area contributed by atoms with Gasteiger partial charge in [-0.2, -0.15) is 0 Å². The van der Waals surface area contributed by atoms with Crippen LogP contribution in [0.1, 0.15) is 48.4 Å². The van der Waals surface area contributed by atoms with E-state index in [0.717, 1.165) is 35.2 Å². The molecule has 2 unspecified atom stereocenters. The fourth-order valence-corrected chi connectivity index (χ4v) is 6.18. The molecule has 3 aromatic carbocycles. The molecule has 5 heteroatoms. The maximum absolute atomic E-state index is 13.7. The molecule has 1 saturated heterocycles. The molecule has 1 fully saturated rings. The second kappa shape index (κ2) is 8.55. The van der Waals surface area contributed by atoms with Crippen molar-refractivity contribution in [3.05, 3.63) is 112 Å². The third kappa shape index (κ3) is 3.33. The van der Waals surface area contributed by atoms with Crippen molar-refractivity contribution in [3.63, 3.8) is 0 Å². The van der Waals surface area contributed by atoms with E-state index in [4.69, 9.17) is 4.98 Å². The highest BCUT2D eigenvalue weighted by molar-refractivity contribution is 9.10. The molecule has 0 spiro atoms. The first-order valence-corrected chi connectivity index (χ1v) is 12.7. The van der Waals surface area contributed by atoms with Crippen molar-refractivity contribution in [2.24, 2.45) is 0 Å². The second-order valence-corrected chi connectivity index (χ2v) is 10.1. The molecule has 34 heavy (non-hydrogen) atoms. The summed E-state index contributed by atoms with van der Waals surface area (Å²) >= 11 is 3.58. The van der Waals surface area contributed by atoms with Gasteiger partial charge in [-0.1, -0.05) is 82.7 Å². The zero-order valence-corrected chi connectivity index (χ0v) is 20.5. The van der Waals surface area contributed by atoms with Gasteiger partial charge in [-0.15, -0.1) is 0 Å². The van der Waals surface area contributed by atoms with Gasteiger partial charge in [-0.25, -0.2) is 4.98 Å². The number of carbonyl (C=O) groups excluding carboxylic acids is 1. The number of imidazole rings is 1. The molecule has 170 valence electrons. The van der Waals surface area contributed by atoms with Crippen molar-refractivity contribution in [1.29, 1.82) is 0 Å². The van der Waals surface area contributed by atoms with Crippen molar-refractivity contribution in [3.8, 4) is 11.4 Å². The van der Waals surface area contributed by atoms with Gasteiger partial charge in [-0.3, -0.25) is 4.79 Å². The molecule has 0 bridgehead atoms. The standard InChI is InChI=1S/C29H26BrN3O/c30-23-14-12-22(13-15-23)29(25-10-5-4-9-24(25)28-31-18-20-33(28)29)17-16-27(34)32-19-6-11-26(32)21-7-2-1-3-8-21/h1-5,7-10,12-15,18,20,26H,6,11,16-17,19H2. The normalized spacial score (nSPS) is 20.9. The number of aromatic nitrogens is 2. The molecule has 0 saturated carbocycles. The van der Waals surface area contributed by atoms with Gasteiger partial charge in [0.05, 0.1) is 11.6 Å². The number of hydrogen-bond acceptors (Lipinski definition) is 2. The van der Waals surface area contributed by atoms with Crippen LogP contribution in [-0.2, 0) is 10.3 Å². The summed E-state index contributed by atoms with van der Waals surface area (Å²) in [5, 5.41) is 0. The number of benzene rings is 3. The first kappa shape index (κ1) is 21.4. The third-order valence-corrected chi connectivity index (χ3v) is 7.97. The highest BCUT2D eigenvalue weighted by Gasteiger charge is 2.45. The fourth-order valence-electron chi connectivity index (χ4n) is 5.92. The van der Waals surface area contributed by atoms with Gasteiger partial charge >= 0.3 is 0 Å². The first-order valence-electron chi connectivity index (χ1n) is 11.9. The molecule has 2 aliphatic heterocycles. The lowest BCUT2D eigenvalue weighted by atomic mass is 9.79. The van der Waals surface area contributed by atoms with Gasteiger partial charge in [-0.05, 0) is 48.1 Å². The lowest BCUT2D eigenvalue weighted by Gasteiger charge is -2.34. The smallest absolute Gasteiger partial charge is 0.223 e. The number of carbonyl (C=O) groups is 1. The van der Waals surface area contributed by atoms with Crippen LogP contribution in [0.25, 0.3) is 11.4 Å². The Bertz CT molecular complexity index is 1330. The van der Waals surface area contributed by atoms with Gasteiger partial charge < -0.3 is 9.47 Å². The minimum atomic E-state index is -0.458. The summed E-state index contributed by atoms with van der Waals surface area (Å²) in [5.41, 5.74) is 4.31. The average molecular weight is 512 g/mol. The molecule has 2 atom stereocenters. The van der Waals surface area contributed by atoms with Crippen LogP contribution in [0.3, 0.4) is 0 Å². The minimum absolute atomic E-state index is 0.178. The Labute approximate surface area is 208 Å². The number of rotatable bonds is 5. The van der Waals surface area contributed by atoms with Crippen LogP contribution in [0.2, 0.25) is 0 Å². The lowest BCUT2D eigenvalue weighted by molar-refractivity contribution is -0.132. The maximum atomic E-state index is 13.7. The van der Waals surface area contributed by atoms with E-state index in [0.29, 0.717) is 12.8 Å². The van der Waals surface area contributed by atoms with Crippen LogP contribution in [0, 0.1) is 0 Å². The molecule has 2 aliphatic rings. The topological polar surface area (TPSA) is 38.1 Å². The molecule has 0 aliphatic carbocycles. The Morgan fingerprint density at radius 1 is 1.00 bits per heavy atom. The average Bonchev–Trinajstić information content (AvgIpc) is 3.61. The second-order valence-electron chi connectivity index (χ2n) is 9.19. The predicted octanol–water partition coefficient (Wildman–Crippen LogP) is 6.56. The molecule has 0 radical (unpaired) electrons. The highest BCUT2D eigenvalue weighted by atomic mass is 79.9. The number of halogens is 1. The van der Waals surface area contributed by atoms with Crippen LogP contribution in [0.4, 0.5) is 0 Å². The number of fused-ring (bicyclic) bond motifs is 3. The molecule has 1 aromatic heterocycles. The molecule has 1 amide bonds. The van der Waals surface area contributed by atoms with Crippen molar-refractivity contribution in [2.75, 3.05) is 6.54 Å². The number of nitrogens with zero attached hydrogens (tertiary/aromatic N) is 3. The quantitative estimate of drug-likeness (QED) is 0.304. The Kier molecular flexibility index (Phi) is 5.37. The molecule has 6 rings (SSSR count). The Morgan fingerprint density at radius 2 is 1.76 bits per heavy atom. The van der Waals surface area contributed by atoms with E-state index >= 15 is 0 Å². The third-order valence-electron chi connectivity index (χ3n) is 7.45. The van der Waals surface area contributed by atoms with Crippen molar-refractivity contribution in [1.82, 2.24) is 14.5 Å². The van der Waals surface area contributed by atoms with Gasteiger partial charge in [0.15, 0.2) is 0 Å². The molecule has 4 nitrogen and oxygen atoms in total. The summed E-state index contributed by atoms with van der Waals surface area (Å²) in [6.07, 6.45) is 7.17. The zero-order chi connectivity index (χ0) is 23.1. The summed E-state index contributed by atoms with van der Waals surface area (Å²) < 4.78 is 3.31. The van der Waals surface area contributed by atoms with Gasteiger partial charge in [0.25, 0.3) is 0 Å². The molecule has 0 N–H and O–H groups in total. The number of likely N-dealkylation sites (tertiary alicyclic amines) is 1. The van der Waals surface area contributed by atoms with Crippen molar-refractivity contribution < 1.29 is 4.79 Å². The van der Waals surface area contributed by atoms with Gasteiger partial charge in [0.2, 0.25) is 5.91 Å². The monoisotopic (exact) mass is 511 g/mol. The van der Waals surface area contributed by atoms with Gasteiger partial charge in [0.1, 0.15) is 5.82 Å². The summed E-state index contributed by atoms with van der Waals surface area (Å²) in [7, 11) is 0. The molecular weight excluding hydrogens is 486 g/mol. The summed E-state index contributed by atoms with van der Waals surface area (Å²) in [6, 6.07) is 27.6. The molecular formula is C29H26BrN3O. The SMILES string of the molecule is O=C(CCC1(c2ccc(Br)cc2)c2ccccc2-c2nccn21)N1CCCC1c1ccccc1. The minimum Gasteiger partial charge on any atom is -0.336 e. The first-order chi connectivity index (χ1) is 16.7.